The molecule has 0 radical (unpaired) electrons. The smallest absolute Gasteiger partial charge is 0.303 e. The minimum atomic E-state index is -0.417. The second-order valence-corrected chi connectivity index (χ2v) is 10.0. The molecule has 1 fully saturated rings. The number of aromatic nitrogens is 2. The number of aryl methyl sites for hydroxylation is 1. The third kappa shape index (κ3) is 6.09. The molecule has 1 saturated heterocycles. The fourth-order valence-corrected chi connectivity index (χ4v) is 5.01. The van der Waals surface area contributed by atoms with Gasteiger partial charge in [-0.25, -0.2) is 0 Å². The van der Waals surface area contributed by atoms with E-state index in [-0.39, 0.29) is 12.6 Å². The molecule has 1 aliphatic rings. The van der Waals surface area contributed by atoms with Gasteiger partial charge < -0.3 is 18.3 Å². The van der Waals surface area contributed by atoms with Gasteiger partial charge in [-0.15, -0.1) is 10.2 Å². The minimum absolute atomic E-state index is 0.214. The summed E-state index contributed by atoms with van der Waals surface area (Å²) in [6, 6.07) is 13.2. The quantitative estimate of drug-likeness (QED) is 0.239. The van der Waals surface area contributed by atoms with Crippen molar-refractivity contribution in [3.8, 4) is 17.4 Å². The highest BCUT2D eigenvalue weighted by Crippen LogP contribution is 2.34. The van der Waals surface area contributed by atoms with E-state index >= 15 is 0 Å². The zero-order chi connectivity index (χ0) is 25.9. The summed E-state index contributed by atoms with van der Waals surface area (Å²) < 4.78 is 23.1. The molecule has 0 saturated carbocycles. The van der Waals surface area contributed by atoms with Gasteiger partial charge in [-0.3, -0.25) is 9.69 Å². The highest BCUT2D eigenvalue weighted by atomic mass is 35.5. The molecule has 3 heterocycles. The van der Waals surface area contributed by atoms with Gasteiger partial charge in [0.05, 0.1) is 15.4 Å². The van der Waals surface area contributed by atoms with Gasteiger partial charge >= 0.3 is 5.97 Å². The predicted octanol–water partition coefficient (Wildman–Crippen LogP) is 6.29. The summed E-state index contributed by atoms with van der Waals surface area (Å²) in [7, 11) is 0. The van der Waals surface area contributed by atoms with E-state index in [4.69, 9.17) is 41.5 Å². The topological polar surface area (TPSA) is 90.8 Å². The number of hydrogen-bond donors (Lipinski definition) is 0. The summed E-state index contributed by atoms with van der Waals surface area (Å²) in [6.07, 6.45) is 1.55. The minimum Gasteiger partial charge on any atom is -0.489 e. The molecule has 0 amide bonds. The molecule has 0 N–H and O–H groups in total. The van der Waals surface area contributed by atoms with Crippen LogP contribution in [-0.4, -0.2) is 53.4 Å². The predicted molar refractivity (Wildman–Crippen MR) is 140 cm³/mol. The first-order valence-electron chi connectivity index (χ1n) is 12.2. The van der Waals surface area contributed by atoms with E-state index in [1.54, 1.807) is 6.92 Å². The zero-order valence-corrected chi connectivity index (χ0v) is 22.1. The number of carbonyl (C=O) groups excluding carboxylic acids is 1. The van der Waals surface area contributed by atoms with Crippen LogP contribution in [0.25, 0.3) is 22.6 Å². The number of likely N-dealkylation sites (tertiary alicyclic amines) is 1. The second kappa shape index (κ2) is 11.1. The average molecular weight is 544 g/mol. The number of furan rings is 1. The van der Waals surface area contributed by atoms with Crippen molar-refractivity contribution in [3.05, 3.63) is 64.0 Å². The van der Waals surface area contributed by atoms with Crippen LogP contribution in [0.2, 0.25) is 10.0 Å². The third-order valence-corrected chi connectivity index (χ3v) is 7.22. The summed E-state index contributed by atoms with van der Waals surface area (Å²) in [5.74, 6) is 1.94. The molecule has 2 aromatic carbocycles. The molecule has 0 spiro atoms. The van der Waals surface area contributed by atoms with Crippen LogP contribution in [0.5, 0.6) is 5.75 Å². The Morgan fingerprint density at radius 2 is 1.92 bits per heavy atom. The number of nitrogens with zero attached hydrogens (tertiary/aromatic N) is 3. The van der Waals surface area contributed by atoms with E-state index in [1.807, 2.05) is 42.5 Å². The van der Waals surface area contributed by atoms with Crippen LogP contribution < -0.4 is 4.74 Å². The van der Waals surface area contributed by atoms with Gasteiger partial charge in [0.1, 0.15) is 24.0 Å². The lowest BCUT2D eigenvalue weighted by Crippen LogP contribution is -2.42. The molecule has 37 heavy (non-hydrogen) atoms. The Hall–Kier alpha value is -3.07. The molecule has 0 aliphatic carbocycles. The summed E-state index contributed by atoms with van der Waals surface area (Å²) in [4.78, 5) is 14.1. The van der Waals surface area contributed by atoms with Crippen molar-refractivity contribution in [2.75, 3.05) is 26.2 Å². The molecule has 10 heteroatoms. The number of ether oxygens (including phenoxy) is 2. The van der Waals surface area contributed by atoms with Gasteiger partial charge in [-0.2, -0.15) is 0 Å². The molecular weight excluding hydrogens is 517 g/mol. The SMILES string of the molecule is CC(=O)OC(COc1cccc2oc(-c3nnc(C)o3)cc12)CN1CCC(c2ccc(Cl)c(Cl)c2)CC1. The van der Waals surface area contributed by atoms with Gasteiger partial charge in [0.15, 0.2) is 5.76 Å². The van der Waals surface area contributed by atoms with Crippen molar-refractivity contribution in [3.63, 3.8) is 0 Å². The highest BCUT2D eigenvalue weighted by molar-refractivity contribution is 6.42. The number of fused-ring (bicyclic) bond motifs is 1. The molecule has 4 aromatic rings. The van der Waals surface area contributed by atoms with Crippen molar-refractivity contribution >= 4 is 40.1 Å². The lowest BCUT2D eigenvalue weighted by atomic mass is 9.89. The van der Waals surface area contributed by atoms with Crippen LogP contribution in [0.1, 0.15) is 37.1 Å². The average Bonchev–Trinajstić information content (AvgIpc) is 3.51. The first-order chi connectivity index (χ1) is 17.9. The number of piperidine rings is 1. The van der Waals surface area contributed by atoms with E-state index in [0.717, 1.165) is 31.3 Å². The van der Waals surface area contributed by atoms with Crippen LogP contribution in [-0.2, 0) is 9.53 Å². The normalized spacial score (nSPS) is 15.7. The van der Waals surface area contributed by atoms with Crippen molar-refractivity contribution < 1.29 is 23.1 Å². The highest BCUT2D eigenvalue weighted by Gasteiger charge is 2.25. The first kappa shape index (κ1) is 25.6. The van der Waals surface area contributed by atoms with Crippen LogP contribution in [0.4, 0.5) is 0 Å². The Bertz CT molecular complexity index is 1390. The third-order valence-electron chi connectivity index (χ3n) is 6.48. The van der Waals surface area contributed by atoms with Gasteiger partial charge in [-0.1, -0.05) is 35.3 Å². The van der Waals surface area contributed by atoms with Gasteiger partial charge in [0.2, 0.25) is 5.89 Å². The maximum Gasteiger partial charge on any atom is 0.303 e. The Morgan fingerprint density at radius 1 is 1.11 bits per heavy atom. The number of hydrogen-bond acceptors (Lipinski definition) is 8. The fourth-order valence-electron chi connectivity index (χ4n) is 4.71. The standard InChI is InChI=1S/C27H27Cl2N3O5/c1-16-30-31-27(35-16)26-13-21-24(4-3-5-25(21)37-26)34-15-20(36-17(2)33)14-32-10-8-18(9-11-32)19-6-7-22(28)23(29)12-19/h3-7,12-13,18,20H,8-11,14-15H2,1-2H3. The Morgan fingerprint density at radius 3 is 2.62 bits per heavy atom. The van der Waals surface area contributed by atoms with E-state index in [1.165, 1.54) is 12.5 Å². The zero-order valence-electron chi connectivity index (χ0n) is 20.6. The first-order valence-corrected chi connectivity index (χ1v) is 12.9. The van der Waals surface area contributed by atoms with Gasteiger partial charge in [0.25, 0.3) is 5.89 Å². The summed E-state index contributed by atoms with van der Waals surface area (Å²) in [5, 5.41) is 9.80. The van der Waals surface area contributed by atoms with Crippen LogP contribution in [0.3, 0.4) is 0 Å². The lowest BCUT2D eigenvalue weighted by Gasteiger charge is -2.34. The second-order valence-electron chi connectivity index (χ2n) is 9.20. The monoisotopic (exact) mass is 543 g/mol. The number of esters is 1. The Balaban J connectivity index is 1.22. The molecule has 1 aliphatic heterocycles. The van der Waals surface area contributed by atoms with Gasteiger partial charge in [-0.05, 0) is 61.7 Å². The molecule has 0 bridgehead atoms. The van der Waals surface area contributed by atoms with Crippen molar-refractivity contribution in [1.82, 2.24) is 15.1 Å². The van der Waals surface area contributed by atoms with Crippen LogP contribution in [0.15, 0.2) is 51.3 Å². The molecule has 2 aromatic heterocycles. The van der Waals surface area contributed by atoms with Crippen molar-refractivity contribution in [2.24, 2.45) is 0 Å². The Kier molecular flexibility index (Phi) is 7.69. The summed E-state index contributed by atoms with van der Waals surface area (Å²) in [5.41, 5.74) is 1.84. The molecular formula is C27H27Cl2N3O5. The van der Waals surface area contributed by atoms with Crippen LogP contribution >= 0.6 is 23.2 Å². The van der Waals surface area contributed by atoms with Crippen molar-refractivity contribution in [2.45, 2.75) is 38.7 Å². The largest absolute Gasteiger partial charge is 0.489 e. The number of rotatable bonds is 8. The number of benzene rings is 2. The molecule has 1 unspecified atom stereocenters. The lowest BCUT2D eigenvalue weighted by molar-refractivity contribution is -0.149. The molecule has 1 atom stereocenters. The van der Waals surface area contributed by atoms with Gasteiger partial charge in [0, 0.05) is 26.5 Å². The number of carbonyl (C=O) groups is 1. The van der Waals surface area contributed by atoms with E-state index in [9.17, 15) is 4.79 Å². The summed E-state index contributed by atoms with van der Waals surface area (Å²) in [6.45, 7) is 5.70. The molecule has 8 nitrogen and oxygen atoms in total. The summed E-state index contributed by atoms with van der Waals surface area (Å²) >= 11 is 12.3. The maximum absolute atomic E-state index is 11.8. The van der Waals surface area contributed by atoms with Crippen LogP contribution in [0, 0.1) is 6.92 Å². The van der Waals surface area contributed by atoms with E-state index < -0.39 is 6.10 Å². The molecule has 194 valence electrons. The molecule has 5 rings (SSSR count). The maximum atomic E-state index is 11.8. The number of halogens is 2. The van der Waals surface area contributed by atoms with E-state index in [0.29, 0.717) is 51.4 Å². The van der Waals surface area contributed by atoms with Crippen molar-refractivity contribution in [1.29, 1.82) is 0 Å². The fraction of sp³-hybridized carbons (Fsp3) is 0.370. The van der Waals surface area contributed by atoms with E-state index in [2.05, 4.69) is 15.1 Å². The Labute approximate surface area is 224 Å².